The Hall–Kier alpha value is -8.44. The van der Waals surface area contributed by atoms with E-state index in [0.29, 0.717) is 72.4 Å². The van der Waals surface area contributed by atoms with Crippen molar-refractivity contribution >= 4 is 42.3 Å². The Bertz CT molecular complexity index is 3260. The molecule has 3 amide bonds. The molecule has 7 aromatic rings. The summed E-state index contributed by atoms with van der Waals surface area (Å²) < 4.78 is 12.5. The topological polar surface area (TPSA) is 157 Å². The summed E-state index contributed by atoms with van der Waals surface area (Å²) in [5, 5.41) is 9.44. The number of hydrogen-bond acceptors (Lipinski definition) is 8. The largest absolute Gasteiger partial charge is 0.457 e. The van der Waals surface area contributed by atoms with Gasteiger partial charge in [-0.3, -0.25) is 28.8 Å². The van der Waals surface area contributed by atoms with Gasteiger partial charge >= 0.3 is 0 Å². The predicted octanol–water partition coefficient (Wildman–Crippen LogP) is 14.5. The van der Waals surface area contributed by atoms with Gasteiger partial charge in [-0.1, -0.05) is 114 Å². The first-order valence-electron chi connectivity index (χ1n) is 25.9. The molecular formula is C65H67N3O8. The van der Waals surface area contributed by atoms with Crippen LogP contribution in [0.3, 0.4) is 0 Å². The second-order valence-corrected chi connectivity index (χ2v) is 20.0. The van der Waals surface area contributed by atoms with Crippen molar-refractivity contribution in [2.45, 2.75) is 111 Å². The first-order chi connectivity index (χ1) is 36.5. The third kappa shape index (κ3) is 11.9. The van der Waals surface area contributed by atoms with Crippen molar-refractivity contribution in [1.29, 1.82) is 0 Å². The fraction of sp³-hybridized carbons (Fsp3) is 0.262. The second kappa shape index (κ2) is 23.8. The smallest absolute Gasteiger partial charge is 0.256 e. The molecule has 11 nitrogen and oxygen atoms in total. The van der Waals surface area contributed by atoms with Gasteiger partial charge in [0.1, 0.15) is 23.0 Å². The quantitative estimate of drug-likeness (QED) is 0.0567. The van der Waals surface area contributed by atoms with Gasteiger partial charge in [0.2, 0.25) is 0 Å². The van der Waals surface area contributed by atoms with E-state index in [9.17, 15) is 28.8 Å². The van der Waals surface area contributed by atoms with Gasteiger partial charge in [-0.25, -0.2) is 0 Å². The molecule has 0 heterocycles. The number of carbonyl (C=O) groups is 6. The number of aldehydes is 3. The summed E-state index contributed by atoms with van der Waals surface area (Å²) in [6, 6.07) is 43.5. The van der Waals surface area contributed by atoms with Gasteiger partial charge in [0, 0.05) is 33.4 Å². The van der Waals surface area contributed by atoms with Gasteiger partial charge in [-0.05, 0) is 165 Å². The highest BCUT2D eigenvalue weighted by molar-refractivity contribution is 6.09. The van der Waals surface area contributed by atoms with Crippen molar-refractivity contribution in [3.05, 3.63) is 218 Å². The number of anilines is 1. The van der Waals surface area contributed by atoms with Gasteiger partial charge in [0.25, 0.3) is 17.7 Å². The number of rotatable bonds is 22. The van der Waals surface area contributed by atoms with E-state index in [-0.39, 0.29) is 39.6 Å². The molecule has 0 aliphatic carbocycles. The van der Waals surface area contributed by atoms with Gasteiger partial charge in [0.05, 0.1) is 22.2 Å². The summed E-state index contributed by atoms with van der Waals surface area (Å²) in [6.45, 7) is 18.3. The number of nitrogens with one attached hydrogen (secondary N) is 3. The maximum Gasteiger partial charge on any atom is 0.256 e. The zero-order valence-corrected chi connectivity index (χ0v) is 44.9. The molecule has 7 aromatic carbocycles. The van der Waals surface area contributed by atoms with E-state index >= 15 is 0 Å². The highest BCUT2D eigenvalue weighted by atomic mass is 16.5. The molecule has 0 saturated carbocycles. The van der Waals surface area contributed by atoms with Crippen LogP contribution in [0.4, 0.5) is 5.69 Å². The summed E-state index contributed by atoms with van der Waals surface area (Å²) in [5.74, 6) is 0.660. The van der Waals surface area contributed by atoms with E-state index < -0.39 is 22.4 Å². The zero-order valence-electron chi connectivity index (χ0n) is 44.9. The van der Waals surface area contributed by atoms with Crippen molar-refractivity contribution < 1.29 is 38.2 Å². The van der Waals surface area contributed by atoms with Crippen LogP contribution < -0.4 is 25.4 Å². The Balaban J connectivity index is 1.01. The standard InChI is InChI=1S/C65H67N3O8/c1-10-34-65(13-4,59-43(6)16-14-17-44(59)7)68-62(74)57-33-31-54(36-47(57)41-71)75-52-27-22-48(23-28-52)63(8,9)49-24-29-53(30-25-49)76-55-26-21-45(39-69)58(38-55)60(72)66-51-19-15-18-50(37-51)64(11-2,12-3)67-61(73)56-32-20-42(5)35-46(56)40-70/h14-33,35-41H,10-13,34H2,1-9H3,(H,66,72)(H,67,73)(H,68,74). The van der Waals surface area contributed by atoms with E-state index in [1.165, 1.54) is 6.07 Å². The minimum atomic E-state index is -0.809. The van der Waals surface area contributed by atoms with E-state index in [1.54, 1.807) is 66.7 Å². The van der Waals surface area contributed by atoms with Gasteiger partial charge in [-0.2, -0.15) is 0 Å². The molecule has 390 valence electrons. The molecule has 76 heavy (non-hydrogen) atoms. The number of carbonyl (C=O) groups excluding carboxylic acids is 6. The van der Waals surface area contributed by atoms with Crippen LogP contribution >= 0.6 is 0 Å². The van der Waals surface area contributed by atoms with Gasteiger partial charge in [0.15, 0.2) is 18.9 Å². The third-order valence-electron chi connectivity index (χ3n) is 14.8. The van der Waals surface area contributed by atoms with Crippen LogP contribution in [0.1, 0.15) is 175 Å². The molecule has 0 bridgehead atoms. The van der Waals surface area contributed by atoms with E-state index in [2.05, 4.69) is 69.6 Å². The molecule has 3 N–H and O–H groups in total. The van der Waals surface area contributed by atoms with Crippen molar-refractivity contribution in [2.24, 2.45) is 0 Å². The monoisotopic (exact) mass is 1020 g/mol. The third-order valence-corrected chi connectivity index (χ3v) is 14.8. The van der Waals surface area contributed by atoms with Crippen LogP contribution in [0.25, 0.3) is 0 Å². The number of aryl methyl sites for hydroxylation is 3. The number of benzene rings is 7. The Labute approximate surface area is 446 Å². The van der Waals surface area contributed by atoms with Gasteiger partial charge in [-0.15, -0.1) is 0 Å². The Morgan fingerprint density at radius 1 is 0.474 bits per heavy atom. The summed E-state index contributed by atoms with van der Waals surface area (Å²) in [5.41, 5.74) is 7.04. The Morgan fingerprint density at radius 2 is 0.961 bits per heavy atom. The summed E-state index contributed by atoms with van der Waals surface area (Å²) in [6.07, 6.45) is 5.38. The lowest BCUT2D eigenvalue weighted by molar-refractivity contribution is 0.0876. The van der Waals surface area contributed by atoms with Gasteiger partial charge < -0.3 is 25.4 Å². The number of amides is 3. The molecule has 7 rings (SSSR count). The fourth-order valence-electron chi connectivity index (χ4n) is 10.4. The van der Waals surface area contributed by atoms with Crippen LogP contribution in [0.2, 0.25) is 0 Å². The highest BCUT2D eigenvalue weighted by Gasteiger charge is 2.35. The Kier molecular flexibility index (Phi) is 17.3. The lowest BCUT2D eigenvalue weighted by Crippen LogP contribution is -2.46. The van der Waals surface area contributed by atoms with E-state index in [0.717, 1.165) is 51.8 Å². The maximum atomic E-state index is 13.9. The average Bonchev–Trinajstić information content (AvgIpc) is 3.42. The molecule has 0 fully saturated rings. The first-order valence-corrected chi connectivity index (χ1v) is 25.9. The van der Waals surface area contributed by atoms with E-state index in [4.69, 9.17) is 9.47 Å². The summed E-state index contributed by atoms with van der Waals surface area (Å²) in [4.78, 5) is 77.9. The molecule has 0 aromatic heterocycles. The molecule has 0 spiro atoms. The molecule has 0 aliphatic rings. The number of ether oxygens (including phenoxy) is 2. The fourth-order valence-corrected chi connectivity index (χ4v) is 10.4. The minimum Gasteiger partial charge on any atom is -0.457 e. The molecule has 0 radical (unpaired) electrons. The van der Waals surface area contributed by atoms with Crippen molar-refractivity contribution in [3.63, 3.8) is 0 Å². The second-order valence-electron chi connectivity index (χ2n) is 20.0. The normalized spacial score (nSPS) is 12.2. The molecule has 0 saturated heterocycles. The van der Waals surface area contributed by atoms with Crippen molar-refractivity contribution in [3.8, 4) is 23.0 Å². The summed E-state index contributed by atoms with van der Waals surface area (Å²) in [7, 11) is 0. The van der Waals surface area contributed by atoms with Crippen LogP contribution in [0.5, 0.6) is 23.0 Å². The first kappa shape index (κ1) is 55.3. The minimum absolute atomic E-state index is 0.119. The van der Waals surface area contributed by atoms with Crippen LogP contribution in [0, 0.1) is 20.8 Å². The van der Waals surface area contributed by atoms with Crippen LogP contribution in [0.15, 0.2) is 146 Å². The predicted molar refractivity (Wildman–Crippen MR) is 300 cm³/mol. The van der Waals surface area contributed by atoms with E-state index in [1.807, 2.05) is 81.4 Å². The highest BCUT2D eigenvalue weighted by Crippen LogP contribution is 2.38. The van der Waals surface area contributed by atoms with Crippen LogP contribution in [-0.2, 0) is 16.5 Å². The van der Waals surface area contributed by atoms with Crippen molar-refractivity contribution in [1.82, 2.24) is 10.6 Å². The molecule has 0 aliphatic heterocycles. The average molecular weight is 1020 g/mol. The van der Waals surface area contributed by atoms with Crippen LogP contribution in [-0.4, -0.2) is 36.6 Å². The molecule has 1 atom stereocenters. The SMILES string of the molecule is CCCC(CC)(NC(=O)c1ccc(Oc2ccc(C(C)(C)c3ccc(Oc4ccc(C=O)c(C(=O)Nc5cccc(C(CC)(CC)NC(=O)c6ccc(C)cc6C=O)c5)c4)cc3)cc2)cc1C=O)c1c(C)cccc1C. The maximum absolute atomic E-state index is 13.9. The Morgan fingerprint density at radius 3 is 1.50 bits per heavy atom. The lowest BCUT2D eigenvalue weighted by Gasteiger charge is -2.37. The zero-order chi connectivity index (χ0) is 54.8. The van der Waals surface area contributed by atoms with Crippen molar-refractivity contribution in [2.75, 3.05) is 5.32 Å². The molecular weight excluding hydrogens is 951 g/mol. The summed E-state index contributed by atoms with van der Waals surface area (Å²) >= 11 is 0. The molecule has 1 unspecified atom stereocenters. The molecule has 11 heteroatoms. The lowest BCUT2D eigenvalue weighted by atomic mass is 9.78. The number of hydrogen-bond donors (Lipinski definition) is 3.